The van der Waals surface area contributed by atoms with Crippen LogP contribution in [0.25, 0.3) is 0 Å². The number of halogens is 2. The molecule has 0 aliphatic heterocycles. The number of aromatic carboxylic acids is 1. The van der Waals surface area contributed by atoms with Gasteiger partial charge in [-0.3, -0.25) is 4.79 Å². The van der Waals surface area contributed by atoms with E-state index in [-0.39, 0.29) is 21.2 Å². The highest BCUT2D eigenvalue weighted by Crippen LogP contribution is 2.29. The van der Waals surface area contributed by atoms with Crippen LogP contribution >= 0.6 is 34.5 Å². The second-order valence-corrected chi connectivity index (χ2v) is 6.08. The van der Waals surface area contributed by atoms with Gasteiger partial charge in [0.1, 0.15) is 5.00 Å². The second kappa shape index (κ2) is 5.83. The van der Waals surface area contributed by atoms with Crippen molar-refractivity contribution in [3.05, 3.63) is 50.3 Å². The molecule has 7 heteroatoms. The Labute approximate surface area is 128 Å². The topological polar surface area (TPSA) is 66.4 Å². The summed E-state index contributed by atoms with van der Waals surface area (Å²) in [4.78, 5) is 24.0. The van der Waals surface area contributed by atoms with Gasteiger partial charge in [0.15, 0.2) is 0 Å². The highest BCUT2D eigenvalue weighted by molar-refractivity contribution is 7.16. The van der Waals surface area contributed by atoms with Crippen LogP contribution in [0.2, 0.25) is 10.0 Å². The Hall–Kier alpha value is -1.56. The normalized spacial score (nSPS) is 10.3. The zero-order chi connectivity index (χ0) is 14.9. The van der Waals surface area contributed by atoms with Crippen molar-refractivity contribution >= 4 is 51.4 Å². The summed E-state index contributed by atoms with van der Waals surface area (Å²) in [6.07, 6.45) is 0. The minimum Gasteiger partial charge on any atom is -0.478 e. The summed E-state index contributed by atoms with van der Waals surface area (Å²) < 4.78 is 0. The molecule has 0 saturated carbocycles. The fraction of sp³-hybridized carbons (Fsp3) is 0.0769. The van der Waals surface area contributed by atoms with Crippen molar-refractivity contribution in [2.24, 2.45) is 0 Å². The third-order valence-electron chi connectivity index (χ3n) is 2.49. The van der Waals surface area contributed by atoms with E-state index in [4.69, 9.17) is 28.3 Å². The van der Waals surface area contributed by atoms with Gasteiger partial charge in [-0.15, -0.1) is 11.3 Å². The zero-order valence-electron chi connectivity index (χ0n) is 10.2. The zero-order valence-corrected chi connectivity index (χ0v) is 12.6. The Bertz CT molecular complexity index is 697. The van der Waals surface area contributed by atoms with Gasteiger partial charge in [-0.1, -0.05) is 23.2 Å². The Kier molecular flexibility index (Phi) is 4.32. The van der Waals surface area contributed by atoms with Crippen LogP contribution in [0.4, 0.5) is 5.00 Å². The molecule has 1 heterocycles. The molecule has 1 amide bonds. The molecule has 0 unspecified atom stereocenters. The van der Waals surface area contributed by atoms with Crippen LogP contribution in [0, 0.1) is 6.92 Å². The van der Waals surface area contributed by atoms with E-state index in [1.54, 1.807) is 13.0 Å². The van der Waals surface area contributed by atoms with E-state index in [9.17, 15) is 9.59 Å². The van der Waals surface area contributed by atoms with E-state index >= 15 is 0 Å². The molecule has 2 aromatic rings. The van der Waals surface area contributed by atoms with Crippen molar-refractivity contribution in [2.45, 2.75) is 6.92 Å². The summed E-state index contributed by atoms with van der Waals surface area (Å²) in [5, 5.41) is 12.5. The number of rotatable bonds is 3. The first-order valence-corrected chi connectivity index (χ1v) is 7.06. The van der Waals surface area contributed by atoms with Crippen LogP contribution in [-0.2, 0) is 0 Å². The number of hydrogen-bond acceptors (Lipinski definition) is 3. The standard InChI is InChI=1S/C13H9Cl2NO3S/c1-6-4-9(13(18)19)12(20-6)16-11(17)8-3-2-7(14)5-10(8)15/h2-5H,1H3,(H,16,17)(H,18,19). The molecule has 0 spiro atoms. The molecule has 0 atom stereocenters. The molecule has 2 rings (SSSR count). The molecular weight excluding hydrogens is 321 g/mol. The van der Waals surface area contributed by atoms with Crippen molar-refractivity contribution < 1.29 is 14.7 Å². The number of amides is 1. The molecule has 104 valence electrons. The quantitative estimate of drug-likeness (QED) is 0.881. The number of nitrogens with one attached hydrogen (secondary N) is 1. The van der Waals surface area contributed by atoms with Gasteiger partial charge in [-0.2, -0.15) is 0 Å². The number of aryl methyl sites for hydroxylation is 1. The number of hydrogen-bond donors (Lipinski definition) is 2. The highest BCUT2D eigenvalue weighted by atomic mass is 35.5. The Morgan fingerprint density at radius 1 is 1.20 bits per heavy atom. The number of thiophene rings is 1. The monoisotopic (exact) mass is 329 g/mol. The average molecular weight is 330 g/mol. The first-order valence-electron chi connectivity index (χ1n) is 5.48. The lowest BCUT2D eigenvalue weighted by atomic mass is 10.2. The number of carboxylic acid groups (broad SMARTS) is 1. The molecular formula is C13H9Cl2NO3S. The predicted molar refractivity (Wildman–Crippen MR) is 80.4 cm³/mol. The number of anilines is 1. The van der Waals surface area contributed by atoms with Crippen molar-refractivity contribution in [3.8, 4) is 0 Å². The van der Waals surface area contributed by atoms with Crippen LogP contribution in [0.3, 0.4) is 0 Å². The Morgan fingerprint density at radius 2 is 1.90 bits per heavy atom. The molecule has 0 fully saturated rings. The minimum absolute atomic E-state index is 0.0611. The van der Waals surface area contributed by atoms with Gasteiger partial charge in [-0.25, -0.2) is 4.79 Å². The van der Waals surface area contributed by atoms with Crippen LogP contribution in [0.15, 0.2) is 24.3 Å². The van der Waals surface area contributed by atoms with Crippen molar-refractivity contribution in [1.29, 1.82) is 0 Å². The smallest absolute Gasteiger partial charge is 0.338 e. The maximum absolute atomic E-state index is 12.1. The molecule has 0 radical (unpaired) electrons. The third kappa shape index (κ3) is 3.12. The maximum atomic E-state index is 12.1. The molecule has 0 saturated heterocycles. The summed E-state index contributed by atoms with van der Waals surface area (Å²) in [6.45, 7) is 1.77. The van der Waals surface area contributed by atoms with E-state index in [1.807, 2.05) is 0 Å². The van der Waals surface area contributed by atoms with Gasteiger partial charge in [-0.05, 0) is 31.2 Å². The van der Waals surface area contributed by atoms with Gasteiger partial charge in [0.2, 0.25) is 0 Å². The van der Waals surface area contributed by atoms with E-state index < -0.39 is 11.9 Å². The van der Waals surface area contributed by atoms with Crippen LogP contribution in [0.5, 0.6) is 0 Å². The van der Waals surface area contributed by atoms with E-state index in [0.29, 0.717) is 5.02 Å². The van der Waals surface area contributed by atoms with Crippen LogP contribution in [0.1, 0.15) is 25.6 Å². The summed E-state index contributed by atoms with van der Waals surface area (Å²) in [6, 6.07) is 5.99. The average Bonchev–Trinajstić information content (AvgIpc) is 2.70. The molecule has 0 bridgehead atoms. The van der Waals surface area contributed by atoms with E-state index in [2.05, 4.69) is 5.32 Å². The molecule has 1 aromatic heterocycles. The van der Waals surface area contributed by atoms with Gasteiger partial charge in [0.05, 0.1) is 16.1 Å². The second-order valence-electron chi connectivity index (χ2n) is 3.98. The number of benzene rings is 1. The number of carboxylic acids is 1. The molecule has 0 aliphatic carbocycles. The SMILES string of the molecule is Cc1cc(C(=O)O)c(NC(=O)c2ccc(Cl)cc2Cl)s1. The van der Waals surface area contributed by atoms with E-state index in [1.165, 1.54) is 29.5 Å². The molecule has 4 nitrogen and oxygen atoms in total. The lowest BCUT2D eigenvalue weighted by Crippen LogP contribution is -2.13. The lowest BCUT2D eigenvalue weighted by Gasteiger charge is -2.06. The molecule has 1 aromatic carbocycles. The van der Waals surface area contributed by atoms with Gasteiger partial charge < -0.3 is 10.4 Å². The maximum Gasteiger partial charge on any atom is 0.338 e. The van der Waals surface area contributed by atoms with Gasteiger partial charge in [0.25, 0.3) is 5.91 Å². The largest absolute Gasteiger partial charge is 0.478 e. The fourth-order valence-electron chi connectivity index (χ4n) is 1.61. The third-order valence-corrected chi connectivity index (χ3v) is 4.00. The molecule has 0 aliphatic rings. The number of carbonyl (C=O) groups is 2. The first-order chi connectivity index (χ1) is 9.38. The van der Waals surface area contributed by atoms with Crippen molar-refractivity contribution in [2.75, 3.05) is 5.32 Å². The van der Waals surface area contributed by atoms with E-state index in [0.717, 1.165) is 4.88 Å². The van der Waals surface area contributed by atoms with Gasteiger partial charge >= 0.3 is 5.97 Å². The minimum atomic E-state index is -1.09. The van der Waals surface area contributed by atoms with Gasteiger partial charge in [0, 0.05) is 9.90 Å². The fourth-order valence-corrected chi connectivity index (χ4v) is 3.00. The summed E-state index contributed by atoms with van der Waals surface area (Å²) in [7, 11) is 0. The highest BCUT2D eigenvalue weighted by Gasteiger charge is 2.18. The molecule has 20 heavy (non-hydrogen) atoms. The van der Waals surface area contributed by atoms with Crippen molar-refractivity contribution in [1.82, 2.24) is 0 Å². The number of carbonyl (C=O) groups excluding carboxylic acids is 1. The summed E-state index contributed by atoms with van der Waals surface area (Å²) >= 11 is 12.9. The summed E-state index contributed by atoms with van der Waals surface area (Å²) in [5.74, 6) is -1.57. The predicted octanol–water partition coefficient (Wildman–Crippen LogP) is 4.31. The lowest BCUT2D eigenvalue weighted by molar-refractivity contribution is 0.0698. The Balaban J connectivity index is 2.30. The van der Waals surface area contributed by atoms with Crippen LogP contribution < -0.4 is 5.32 Å². The molecule has 2 N–H and O–H groups in total. The Morgan fingerprint density at radius 3 is 2.50 bits per heavy atom. The van der Waals surface area contributed by atoms with Crippen molar-refractivity contribution in [3.63, 3.8) is 0 Å². The first kappa shape index (κ1) is 14.8. The summed E-state index contributed by atoms with van der Waals surface area (Å²) in [5.41, 5.74) is 0.296. The van der Waals surface area contributed by atoms with Crippen LogP contribution in [-0.4, -0.2) is 17.0 Å².